The Balaban J connectivity index is 0.839. The van der Waals surface area contributed by atoms with Gasteiger partial charge in [-0.05, 0) is 175 Å². The van der Waals surface area contributed by atoms with Crippen LogP contribution in [-0.2, 0) is 36.6 Å². The molecule has 12 aliphatic carbocycles. The van der Waals surface area contributed by atoms with E-state index in [2.05, 4.69) is 67.8 Å². The highest BCUT2D eigenvalue weighted by Crippen LogP contribution is 2.83. The first-order valence-electron chi connectivity index (χ1n) is 29.9. The van der Waals surface area contributed by atoms with Crippen LogP contribution in [0.15, 0.2) is 103 Å². The van der Waals surface area contributed by atoms with Crippen LogP contribution in [-0.4, -0.2) is 123 Å². The van der Waals surface area contributed by atoms with Crippen LogP contribution in [0.5, 0.6) is 11.5 Å². The molecule has 14 nitrogen and oxygen atoms in total. The maximum absolute atomic E-state index is 15.3. The van der Waals surface area contributed by atoms with Crippen LogP contribution in [0.4, 0.5) is 0 Å². The van der Waals surface area contributed by atoms with Gasteiger partial charge in [0.25, 0.3) is 0 Å². The maximum Gasteiger partial charge on any atom is 0.334 e. The molecule has 2 aromatic carbocycles. The third-order valence-corrected chi connectivity index (χ3v) is 22.7. The Bertz CT molecular complexity index is 2960. The van der Waals surface area contributed by atoms with Gasteiger partial charge in [-0.3, -0.25) is 4.79 Å². The summed E-state index contributed by atoms with van der Waals surface area (Å²) in [6.07, 6.45) is 22.7. The number of benzene rings is 2. The van der Waals surface area contributed by atoms with E-state index >= 15 is 9.59 Å². The van der Waals surface area contributed by atoms with Crippen molar-refractivity contribution < 1.29 is 64.3 Å². The molecule has 0 unspecified atom stereocenters. The number of rotatable bonds is 16. The van der Waals surface area contributed by atoms with Crippen LogP contribution in [0.2, 0.25) is 0 Å². The zero-order valence-corrected chi connectivity index (χ0v) is 46.4. The van der Waals surface area contributed by atoms with Crippen LogP contribution in [0.3, 0.4) is 0 Å². The van der Waals surface area contributed by atoms with Gasteiger partial charge in [0.2, 0.25) is 5.79 Å². The van der Waals surface area contributed by atoms with E-state index in [0.29, 0.717) is 60.8 Å². The second-order valence-corrected chi connectivity index (χ2v) is 26.4. The minimum atomic E-state index is -2.38. The summed E-state index contributed by atoms with van der Waals surface area (Å²) in [4.78, 5) is 30.4. The molecule has 14 heteroatoms. The number of nitrogens with one attached hydrogen (secondary N) is 1. The van der Waals surface area contributed by atoms with Crippen molar-refractivity contribution >= 4 is 18.0 Å². The van der Waals surface area contributed by atoms with E-state index in [-0.39, 0.29) is 108 Å². The van der Waals surface area contributed by atoms with Crippen molar-refractivity contribution in [2.75, 3.05) is 26.9 Å². The molecular formula is C66H81NO13. The van der Waals surface area contributed by atoms with E-state index in [1.54, 1.807) is 31.2 Å². The monoisotopic (exact) mass is 1100 g/mol. The molecule has 3 spiro atoms. The largest absolute Gasteiger partial charge is 0.504 e. The van der Waals surface area contributed by atoms with E-state index in [1.165, 1.54) is 19.3 Å². The number of esters is 2. The number of hydrogen-bond acceptors (Lipinski definition) is 14. The molecule has 428 valence electrons. The molecule has 0 radical (unpaired) electrons. The summed E-state index contributed by atoms with van der Waals surface area (Å²) >= 11 is 0. The fourth-order valence-corrected chi connectivity index (χ4v) is 19.8. The smallest absolute Gasteiger partial charge is 0.334 e. The second kappa shape index (κ2) is 20.2. The van der Waals surface area contributed by atoms with Gasteiger partial charge >= 0.3 is 11.9 Å². The standard InChI is InChI=1S/C66H81NO13/c1-34-25-39-15-20-63(31-39)53-13-10-41-30-49-36(3)44-16-21-64(49,53)65(22-17-45(55(34)63)57(73)56(41)65)48(44)11-14-54(72)78-60-58(74)59-50(67-32-35(2)70)18-23-66(76,80-59)61(60)79-62(75)43(26-38-6-12-51(71)52(28-38)77-4)29-47-42(33-69)9-8-40-7-5-37(19-24-68)27-46(40)47/h5-7,10,12-13,15-18,20-23,26-28,34-36,39,41-42,44-45,47-50,53,55-61,67-71,73-74,76H,8-9,11,14,19,24-25,29-33H2,1-4H3/b43-26+/t34-,35-,36-,39-,41+,42-,44-,45+,47+,48+,49-,50+,53+,55-,56-,57+,58-,59-,60+,61+,63-,64+,65-,66+/m0/s1. The van der Waals surface area contributed by atoms with Gasteiger partial charge in [-0.2, -0.15) is 0 Å². The number of hydrogen-bond donors (Lipinski definition) is 8. The predicted molar refractivity (Wildman–Crippen MR) is 297 cm³/mol. The first kappa shape index (κ1) is 54.4. The van der Waals surface area contributed by atoms with Gasteiger partial charge in [0, 0.05) is 54.4 Å². The minimum absolute atomic E-state index is 0.0177. The molecule has 24 atom stereocenters. The van der Waals surface area contributed by atoms with Gasteiger partial charge in [-0.25, -0.2) is 4.79 Å². The number of fused-ring (bicyclic) bond motifs is 4. The third-order valence-electron chi connectivity index (χ3n) is 22.7. The van der Waals surface area contributed by atoms with Gasteiger partial charge in [-0.15, -0.1) is 0 Å². The van der Waals surface area contributed by atoms with E-state index in [0.717, 1.165) is 36.0 Å². The van der Waals surface area contributed by atoms with Gasteiger partial charge in [0.05, 0.1) is 25.4 Å². The summed E-state index contributed by atoms with van der Waals surface area (Å²) < 4.78 is 24.6. The Labute approximate surface area is 469 Å². The molecular weight excluding hydrogens is 1010 g/mol. The molecule has 8 N–H and O–H groups in total. The quantitative estimate of drug-likeness (QED) is 0.0501. The van der Waals surface area contributed by atoms with Crippen LogP contribution < -0.4 is 10.1 Å². The number of allylic oxidation sites excluding steroid dienone is 7. The number of carbonyl (C=O) groups is 2. The Morgan fingerprint density at radius 3 is 2.51 bits per heavy atom. The van der Waals surface area contributed by atoms with Crippen LogP contribution >= 0.6 is 0 Å². The average Bonchev–Trinajstić information content (AvgIpc) is 3.13. The van der Waals surface area contributed by atoms with Crippen molar-refractivity contribution in [1.29, 1.82) is 0 Å². The summed E-state index contributed by atoms with van der Waals surface area (Å²) in [5.41, 5.74) is 2.71. The van der Waals surface area contributed by atoms with Crippen LogP contribution in [0, 0.1) is 87.3 Å². The molecule has 1 saturated heterocycles. The normalized spacial score (nSPS) is 44.7. The highest BCUT2D eigenvalue weighted by atomic mass is 16.7. The number of aryl methyl sites for hydroxylation is 1. The summed E-state index contributed by atoms with van der Waals surface area (Å²) in [6.45, 7) is 6.36. The molecule has 80 heavy (non-hydrogen) atoms. The predicted octanol–water partition coefficient (Wildman–Crippen LogP) is 6.65. The summed E-state index contributed by atoms with van der Waals surface area (Å²) in [6, 6.07) is 9.96. The lowest BCUT2D eigenvalue weighted by atomic mass is 9.25. The number of phenolic OH excluding ortho intramolecular Hbond substituents is 1. The Kier molecular flexibility index (Phi) is 13.7. The number of methoxy groups -OCH3 is 1. The van der Waals surface area contributed by atoms with Crippen LogP contribution in [0.25, 0.3) is 6.08 Å². The number of phenols is 1. The molecule has 4 saturated carbocycles. The third kappa shape index (κ3) is 8.06. The Morgan fingerprint density at radius 2 is 1.73 bits per heavy atom. The van der Waals surface area contributed by atoms with Crippen molar-refractivity contribution in [3.8, 4) is 11.5 Å². The maximum atomic E-state index is 15.3. The number of ether oxygens (including phenoxy) is 4. The lowest BCUT2D eigenvalue weighted by Gasteiger charge is -2.78. The number of carbonyl (C=O) groups excluding carboxylic acids is 2. The Morgan fingerprint density at radius 1 is 0.912 bits per heavy atom. The van der Waals surface area contributed by atoms with Gasteiger partial charge in [0.15, 0.2) is 23.7 Å². The molecule has 16 rings (SSSR count). The molecule has 2 heterocycles. The minimum Gasteiger partial charge on any atom is -0.504 e. The van der Waals surface area contributed by atoms with E-state index in [9.17, 15) is 35.7 Å². The Hall–Kier alpha value is -4.90. The molecule has 0 aromatic heterocycles. The van der Waals surface area contributed by atoms with Gasteiger partial charge < -0.3 is 60.0 Å². The highest BCUT2D eigenvalue weighted by Gasteiger charge is 2.80. The van der Waals surface area contributed by atoms with Gasteiger partial charge in [0.1, 0.15) is 12.2 Å². The zero-order chi connectivity index (χ0) is 55.8. The molecule has 2 aliphatic heterocycles. The first-order valence-corrected chi connectivity index (χ1v) is 29.9. The van der Waals surface area contributed by atoms with Crippen molar-refractivity contribution in [2.24, 2.45) is 87.3 Å². The fraction of sp³-hybridized carbons (Fsp3) is 0.606. The zero-order valence-electron chi connectivity index (χ0n) is 46.4. The lowest BCUT2D eigenvalue weighted by molar-refractivity contribution is -0.333. The summed E-state index contributed by atoms with van der Waals surface area (Å²) in [7, 11) is 1.42. The van der Waals surface area contributed by atoms with E-state index < -0.39 is 65.8 Å². The van der Waals surface area contributed by atoms with E-state index in [4.69, 9.17) is 18.9 Å². The second-order valence-electron chi connectivity index (χ2n) is 26.4. The number of aromatic hydroxyl groups is 1. The van der Waals surface area contributed by atoms with Crippen molar-refractivity contribution in [3.05, 3.63) is 125 Å². The van der Waals surface area contributed by atoms with E-state index in [1.807, 2.05) is 18.2 Å². The molecule has 2 aromatic rings. The fourth-order valence-electron chi connectivity index (χ4n) is 19.8. The average molecular weight is 1100 g/mol. The van der Waals surface area contributed by atoms with Crippen LogP contribution in [0.1, 0.15) is 93.9 Å². The topological polar surface area (TPSA) is 225 Å². The number of aliphatic hydroxyl groups is 6. The summed E-state index contributed by atoms with van der Waals surface area (Å²) in [5, 5.41) is 83.0. The summed E-state index contributed by atoms with van der Waals surface area (Å²) in [5.74, 6) is -1.93. The molecule has 5 fully saturated rings. The first-order chi connectivity index (χ1) is 38.5. The molecule has 0 amide bonds. The van der Waals surface area contributed by atoms with Crippen molar-refractivity contribution in [1.82, 2.24) is 5.32 Å². The SMILES string of the molecule is COc1cc(/C=C(\C[C@H]2c3cc(CCO)ccc3CC[C@H]2CO)C(=O)O[C@@H]2[C@H](OC(=O)CC[C@@H]3[C@H]4C=C[C@]56[C@@H]7C=C[C@H](C[C@H]5[C@H]4C)[C@H]4[C@H](O)[C@H](C=C[C@@]436)[C@@H]3[C@@H](C)C[C@@H]4C=C[C@@]37C4)[C@@H](O)[C@H]3O[C@]2(O)C=C[C@H]3NC[C@H](C)O)ccc1O. The van der Waals surface area contributed by atoms with Crippen molar-refractivity contribution in [2.45, 2.75) is 133 Å². The lowest BCUT2D eigenvalue weighted by Crippen LogP contribution is -2.75. The number of aliphatic hydroxyl groups excluding tert-OH is 5. The molecule has 12 bridgehead atoms. The van der Waals surface area contributed by atoms with Crippen molar-refractivity contribution in [3.63, 3.8) is 0 Å². The molecule has 14 aliphatic rings. The highest BCUT2D eigenvalue weighted by molar-refractivity contribution is 5.94. The van der Waals surface area contributed by atoms with Gasteiger partial charge in [-0.1, -0.05) is 92.8 Å².